The van der Waals surface area contributed by atoms with Gasteiger partial charge in [0.05, 0.1) is 7.11 Å². The van der Waals surface area contributed by atoms with Gasteiger partial charge in [0.2, 0.25) is 0 Å². The van der Waals surface area contributed by atoms with E-state index < -0.39 is 0 Å². The van der Waals surface area contributed by atoms with Crippen LogP contribution in [0.25, 0.3) is 0 Å². The molecule has 1 aromatic carbocycles. The van der Waals surface area contributed by atoms with E-state index in [-0.39, 0.29) is 5.75 Å². The van der Waals surface area contributed by atoms with Crippen LogP contribution < -0.4 is 4.74 Å². The molecule has 2 saturated carbocycles. The highest BCUT2D eigenvalue weighted by Gasteiger charge is 2.43. The van der Waals surface area contributed by atoms with Gasteiger partial charge in [-0.3, -0.25) is 0 Å². The second kappa shape index (κ2) is 4.73. The van der Waals surface area contributed by atoms with E-state index in [1.54, 1.807) is 13.2 Å². The van der Waals surface area contributed by atoms with Gasteiger partial charge in [-0.15, -0.1) is 0 Å². The van der Waals surface area contributed by atoms with Gasteiger partial charge in [0.25, 0.3) is 0 Å². The molecule has 2 heteroatoms. The molecular weight excluding hydrogens is 236 g/mol. The lowest BCUT2D eigenvalue weighted by atomic mass is 9.65. The Kier molecular flexibility index (Phi) is 3.20. The summed E-state index contributed by atoms with van der Waals surface area (Å²) in [6.45, 7) is 2.48. The fraction of sp³-hybridized carbons (Fsp3) is 0.647. The van der Waals surface area contributed by atoms with Crippen LogP contribution in [0.3, 0.4) is 0 Å². The molecule has 2 aliphatic carbocycles. The van der Waals surface area contributed by atoms with Crippen molar-refractivity contribution in [3.8, 4) is 11.5 Å². The first-order valence-corrected chi connectivity index (χ1v) is 7.49. The topological polar surface area (TPSA) is 29.5 Å². The van der Waals surface area contributed by atoms with Gasteiger partial charge in [0, 0.05) is 0 Å². The highest BCUT2D eigenvalue weighted by molar-refractivity contribution is 5.43. The molecule has 19 heavy (non-hydrogen) atoms. The molecule has 104 valence electrons. The Morgan fingerprint density at radius 1 is 1.26 bits per heavy atom. The van der Waals surface area contributed by atoms with E-state index in [1.165, 1.54) is 44.1 Å². The van der Waals surface area contributed by atoms with E-state index in [1.807, 2.05) is 6.07 Å². The minimum Gasteiger partial charge on any atom is -0.504 e. The lowest BCUT2D eigenvalue weighted by Crippen LogP contribution is -2.29. The van der Waals surface area contributed by atoms with Crippen LogP contribution in [-0.4, -0.2) is 12.2 Å². The molecule has 0 amide bonds. The molecule has 3 unspecified atom stereocenters. The Morgan fingerprint density at radius 2 is 2.11 bits per heavy atom. The van der Waals surface area contributed by atoms with Crippen molar-refractivity contribution >= 4 is 0 Å². The summed E-state index contributed by atoms with van der Waals surface area (Å²) in [7, 11) is 1.62. The zero-order valence-electron chi connectivity index (χ0n) is 12.0. The Hall–Kier alpha value is -1.18. The molecular formula is C17H24O2. The summed E-state index contributed by atoms with van der Waals surface area (Å²) in [5.74, 6) is 2.39. The van der Waals surface area contributed by atoms with Crippen molar-refractivity contribution in [3.05, 3.63) is 23.8 Å². The number of rotatable bonds is 2. The molecule has 0 heterocycles. The van der Waals surface area contributed by atoms with Crippen molar-refractivity contribution in [2.24, 2.45) is 11.3 Å². The van der Waals surface area contributed by atoms with E-state index in [0.717, 1.165) is 5.92 Å². The summed E-state index contributed by atoms with van der Waals surface area (Å²) >= 11 is 0. The number of ether oxygens (including phenoxy) is 1. The van der Waals surface area contributed by atoms with Crippen LogP contribution in [0.1, 0.15) is 56.9 Å². The number of methoxy groups -OCH3 is 1. The highest BCUT2D eigenvalue weighted by Crippen LogP contribution is 2.55. The number of fused-ring (bicyclic) bond motifs is 1. The molecule has 2 fully saturated rings. The van der Waals surface area contributed by atoms with Gasteiger partial charge in [-0.05, 0) is 67.1 Å². The van der Waals surface area contributed by atoms with Crippen LogP contribution in [0.15, 0.2) is 18.2 Å². The maximum absolute atomic E-state index is 9.70. The van der Waals surface area contributed by atoms with Crippen LogP contribution in [0, 0.1) is 11.3 Å². The quantitative estimate of drug-likeness (QED) is 0.849. The van der Waals surface area contributed by atoms with Crippen LogP contribution in [-0.2, 0) is 0 Å². The predicted octanol–water partition coefficient (Wildman–Crippen LogP) is 4.47. The van der Waals surface area contributed by atoms with E-state index >= 15 is 0 Å². The van der Waals surface area contributed by atoms with E-state index in [2.05, 4.69) is 13.0 Å². The van der Waals surface area contributed by atoms with Gasteiger partial charge >= 0.3 is 0 Å². The fourth-order valence-corrected chi connectivity index (χ4v) is 4.25. The second-order valence-electron chi connectivity index (χ2n) is 6.65. The van der Waals surface area contributed by atoms with Crippen molar-refractivity contribution in [1.82, 2.24) is 0 Å². The van der Waals surface area contributed by atoms with Crippen LogP contribution in [0.4, 0.5) is 0 Å². The molecule has 0 aromatic heterocycles. The molecule has 2 nitrogen and oxygen atoms in total. The third-order valence-corrected chi connectivity index (χ3v) is 5.59. The van der Waals surface area contributed by atoms with E-state index in [9.17, 15) is 5.11 Å². The van der Waals surface area contributed by atoms with E-state index in [4.69, 9.17) is 4.74 Å². The fourth-order valence-electron chi connectivity index (χ4n) is 4.25. The highest BCUT2D eigenvalue weighted by atomic mass is 16.5. The van der Waals surface area contributed by atoms with Gasteiger partial charge in [-0.2, -0.15) is 0 Å². The molecule has 3 atom stereocenters. The van der Waals surface area contributed by atoms with Crippen molar-refractivity contribution < 1.29 is 9.84 Å². The Bertz CT molecular complexity index is 468. The smallest absolute Gasteiger partial charge is 0.160 e. The van der Waals surface area contributed by atoms with Gasteiger partial charge < -0.3 is 9.84 Å². The monoisotopic (exact) mass is 260 g/mol. The molecule has 3 rings (SSSR count). The minimum atomic E-state index is 0.243. The SMILES string of the molecule is COc1cc(C2CCC3(C)CCCC3C2)ccc1O. The summed E-state index contributed by atoms with van der Waals surface area (Å²) in [5, 5.41) is 9.70. The Morgan fingerprint density at radius 3 is 2.89 bits per heavy atom. The van der Waals surface area contributed by atoms with Crippen molar-refractivity contribution in [1.29, 1.82) is 0 Å². The zero-order valence-corrected chi connectivity index (χ0v) is 12.0. The van der Waals surface area contributed by atoms with Crippen LogP contribution in [0.2, 0.25) is 0 Å². The summed E-state index contributed by atoms with van der Waals surface area (Å²) in [6.07, 6.45) is 8.18. The standard InChI is InChI=1S/C17H24O2/c1-17-8-3-4-14(17)10-13(7-9-17)12-5-6-15(18)16(11-12)19-2/h5-6,11,13-14,18H,3-4,7-10H2,1-2H3. The third-order valence-electron chi connectivity index (χ3n) is 5.59. The van der Waals surface area contributed by atoms with Crippen LogP contribution in [0.5, 0.6) is 11.5 Å². The predicted molar refractivity (Wildman–Crippen MR) is 76.7 cm³/mol. The van der Waals surface area contributed by atoms with Crippen molar-refractivity contribution in [3.63, 3.8) is 0 Å². The summed E-state index contributed by atoms with van der Waals surface area (Å²) in [6, 6.07) is 5.87. The first kappa shape index (κ1) is 12.8. The average Bonchev–Trinajstić information content (AvgIpc) is 2.80. The van der Waals surface area contributed by atoms with Crippen LogP contribution >= 0.6 is 0 Å². The largest absolute Gasteiger partial charge is 0.504 e. The van der Waals surface area contributed by atoms with E-state index in [0.29, 0.717) is 17.1 Å². The molecule has 0 bridgehead atoms. The second-order valence-corrected chi connectivity index (χ2v) is 6.65. The summed E-state index contributed by atoms with van der Waals surface area (Å²) in [4.78, 5) is 0. The maximum Gasteiger partial charge on any atom is 0.160 e. The minimum absolute atomic E-state index is 0.243. The lowest BCUT2D eigenvalue weighted by molar-refractivity contribution is 0.137. The van der Waals surface area contributed by atoms with Gasteiger partial charge in [0.15, 0.2) is 11.5 Å². The number of hydrogen-bond donors (Lipinski definition) is 1. The average molecular weight is 260 g/mol. The number of phenols is 1. The summed E-state index contributed by atoms with van der Waals surface area (Å²) in [5.41, 5.74) is 1.95. The number of phenolic OH excluding ortho intramolecular Hbond substituents is 1. The molecule has 0 saturated heterocycles. The first-order valence-electron chi connectivity index (χ1n) is 7.49. The normalized spacial score (nSPS) is 34.0. The van der Waals surface area contributed by atoms with Crippen molar-refractivity contribution in [2.45, 2.75) is 51.4 Å². The summed E-state index contributed by atoms with van der Waals surface area (Å²) < 4.78 is 5.23. The molecule has 0 spiro atoms. The zero-order chi connectivity index (χ0) is 13.5. The maximum atomic E-state index is 9.70. The van der Waals surface area contributed by atoms with Gasteiger partial charge in [-0.1, -0.05) is 19.4 Å². The lowest BCUT2D eigenvalue weighted by Gasteiger charge is -2.40. The van der Waals surface area contributed by atoms with Crippen molar-refractivity contribution in [2.75, 3.05) is 7.11 Å². The molecule has 1 aromatic rings. The first-order chi connectivity index (χ1) is 9.12. The molecule has 0 aliphatic heterocycles. The molecule has 2 aliphatic rings. The molecule has 0 radical (unpaired) electrons. The van der Waals surface area contributed by atoms with Gasteiger partial charge in [0.1, 0.15) is 0 Å². The Labute approximate surface area is 115 Å². The number of aromatic hydroxyl groups is 1. The van der Waals surface area contributed by atoms with Gasteiger partial charge in [-0.25, -0.2) is 0 Å². The Balaban J connectivity index is 1.80. The molecule has 1 N–H and O–H groups in total. The number of hydrogen-bond acceptors (Lipinski definition) is 2. The number of benzene rings is 1. The third kappa shape index (κ3) is 2.22.